The van der Waals surface area contributed by atoms with E-state index >= 15 is 0 Å². The summed E-state index contributed by atoms with van der Waals surface area (Å²) in [7, 11) is 3.07. The number of allylic oxidation sites excluding steroid dienone is 7. The minimum absolute atomic E-state index is 0.0144. The molecule has 3 fully saturated rings. The van der Waals surface area contributed by atoms with Gasteiger partial charge in [-0.2, -0.15) is 10.1 Å². The molecular weight excluding hydrogens is 1600 g/mol. The van der Waals surface area contributed by atoms with Crippen LogP contribution in [-0.4, -0.2) is 245 Å². The lowest BCUT2D eigenvalue weighted by Gasteiger charge is -2.42. The number of aliphatic hydroxyl groups is 2. The van der Waals surface area contributed by atoms with Crippen molar-refractivity contribution in [3.8, 4) is 11.3 Å². The van der Waals surface area contributed by atoms with Gasteiger partial charge in [0.1, 0.15) is 65.0 Å². The largest absolute Gasteiger partial charge is 0.469 e. The molecule has 682 valence electrons. The monoisotopic (exact) mass is 1730 g/mol. The summed E-state index contributed by atoms with van der Waals surface area (Å²) in [5.74, 6) is -7.38. The number of esters is 1. The van der Waals surface area contributed by atoms with E-state index in [-0.39, 0.29) is 78.6 Å². The number of aliphatic hydroxyl groups excluding tert-OH is 1. The topological polar surface area (TPSA) is 413 Å². The number of hydrogen-bond donors (Lipinski definition) is 4. The summed E-state index contributed by atoms with van der Waals surface area (Å²) in [6.07, 6.45) is 22.9. The lowest BCUT2D eigenvalue weighted by atomic mass is 9.78. The van der Waals surface area contributed by atoms with Crippen LogP contribution in [0.25, 0.3) is 33.4 Å². The maximum Gasteiger partial charge on any atom is 0.329 e. The van der Waals surface area contributed by atoms with E-state index in [0.717, 1.165) is 68.2 Å². The molecule has 6 N–H and O–H groups in total. The van der Waals surface area contributed by atoms with Gasteiger partial charge in [0.05, 0.1) is 121 Å². The summed E-state index contributed by atoms with van der Waals surface area (Å²) in [6.45, 7) is 19.5. The van der Waals surface area contributed by atoms with Gasteiger partial charge in [-0.05, 0) is 170 Å². The zero-order valence-electron chi connectivity index (χ0n) is 74.0. The molecule has 124 heavy (non-hydrogen) atoms. The Labute approximate surface area is 727 Å². The Morgan fingerprint density at radius 2 is 1.48 bits per heavy atom. The molecular formula is C92H133N11O21. The van der Waals surface area contributed by atoms with E-state index in [1.54, 1.807) is 57.0 Å². The van der Waals surface area contributed by atoms with E-state index in [4.69, 9.17) is 77.5 Å². The number of piperidine rings is 1. The number of benzene rings is 1. The number of rotatable bonds is 40. The highest BCUT2D eigenvalue weighted by molar-refractivity contribution is 6.39. The van der Waals surface area contributed by atoms with E-state index in [1.807, 2.05) is 87.2 Å². The number of nitrogen functional groups attached to an aromatic ring is 2. The zero-order valence-corrected chi connectivity index (χ0v) is 74.0. The van der Waals surface area contributed by atoms with Crippen LogP contribution in [0, 0.1) is 35.5 Å². The molecule has 1 aromatic carbocycles. The third-order valence-corrected chi connectivity index (χ3v) is 24.3. The number of Topliss-reactive ketones (excluding diaryl/α,β-unsaturated/α-hetero) is 4. The summed E-state index contributed by atoms with van der Waals surface area (Å²) in [4.78, 5) is 99.5. The third-order valence-electron chi connectivity index (χ3n) is 24.3. The Morgan fingerprint density at radius 1 is 0.742 bits per heavy atom. The number of ether oxygens (including phenoxy) is 11. The average Bonchev–Trinajstić information content (AvgIpc) is 1.50. The van der Waals surface area contributed by atoms with Crippen molar-refractivity contribution in [3.05, 3.63) is 108 Å². The molecule has 32 heteroatoms. The van der Waals surface area contributed by atoms with Crippen molar-refractivity contribution in [3.63, 3.8) is 0 Å². The van der Waals surface area contributed by atoms with Crippen molar-refractivity contribution in [1.29, 1.82) is 0 Å². The number of carbonyl (C=O) groups is 6. The normalized spacial score (nSPS) is 26.9. The molecule has 2 bridgehead atoms. The highest BCUT2D eigenvalue weighted by Gasteiger charge is 2.53. The summed E-state index contributed by atoms with van der Waals surface area (Å²) in [5.41, 5.74) is 17.5. The van der Waals surface area contributed by atoms with Crippen LogP contribution in [0.3, 0.4) is 0 Å². The molecule has 1 saturated carbocycles. The van der Waals surface area contributed by atoms with Gasteiger partial charge in [0.2, 0.25) is 5.79 Å². The molecule has 10 rings (SSSR count). The molecule has 5 aromatic heterocycles. The summed E-state index contributed by atoms with van der Waals surface area (Å²) in [6, 6.07) is 8.10. The number of nitrogens with two attached hydrogens (primary N) is 2. The highest BCUT2D eigenvalue weighted by Crippen LogP contribution is 2.42. The maximum atomic E-state index is 14.9. The number of anilines is 2. The van der Waals surface area contributed by atoms with Gasteiger partial charge in [0.25, 0.3) is 17.7 Å². The highest BCUT2D eigenvalue weighted by atomic mass is 16.6. The van der Waals surface area contributed by atoms with Gasteiger partial charge >= 0.3 is 5.97 Å². The molecule has 6 aromatic rings. The van der Waals surface area contributed by atoms with Crippen LogP contribution >= 0.6 is 0 Å². The lowest BCUT2D eigenvalue weighted by Crippen LogP contribution is -2.60. The first-order valence-corrected chi connectivity index (χ1v) is 44.5. The number of aryl methyl sites for hydroxylation is 2. The number of carbonyl (C=O) groups excluding carboxylic acids is 6. The van der Waals surface area contributed by atoms with Crippen molar-refractivity contribution in [2.75, 3.05) is 118 Å². The Kier molecular flexibility index (Phi) is 39.4. The molecule has 2 saturated heterocycles. The minimum atomic E-state index is -2.48. The molecule has 0 spiro atoms. The Morgan fingerprint density at radius 3 is 2.19 bits per heavy atom. The third kappa shape index (κ3) is 28.7. The Hall–Kier alpha value is -8.64. The van der Waals surface area contributed by atoms with Crippen molar-refractivity contribution in [2.24, 2.45) is 35.5 Å². The smallest absolute Gasteiger partial charge is 0.329 e. The zero-order chi connectivity index (χ0) is 88.5. The molecule has 8 heterocycles. The number of amides is 1. The van der Waals surface area contributed by atoms with Crippen LogP contribution in [0.15, 0.2) is 106 Å². The number of ketones is 4. The lowest BCUT2D eigenvalue weighted by molar-refractivity contribution is -0.264. The second kappa shape index (κ2) is 50.0. The fourth-order valence-corrected chi connectivity index (χ4v) is 17.0. The van der Waals surface area contributed by atoms with Crippen molar-refractivity contribution >= 4 is 69.0 Å². The fraction of sp³-hybridized carbons (Fsp3) is 0.652. The van der Waals surface area contributed by atoms with E-state index in [1.165, 1.54) is 18.3 Å². The Balaban J connectivity index is 0.582. The number of oxazole rings is 1. The van der Waals surface area contributed by atoms with Crippen LogP contribution in [0.1, 0.15) is 188 Å². The van der Waals surface area contributed by atoms with Crippen LogP contribution in [0.4, 0.5) is 11.8 Å². The number of nitrogens with zero attached hydrogens (tertiary/aromatic N) is 9. The number of cyclic esters (lactones) is 1. The first-order valence-electron chi connectivity index (χ1n) is 44.5. The maximum absolute atomic E-state index is 14.9. The molecule has 15 atom stereocenters. The van der Waals surface area contributed by atoms with Gasteiger partial charge < -0.3 is 87.5 Å². The van der Waals surface area contributed by atoms with E-state index in [9.17, 15) is 39.0 Å². The first kappa shape index (κ1) is 97.6. The molecule has 4 aliphatic rings. The van der Waals surface area contributed by atoms with Crippen LogP contribution in [0.5, 0.6) is 0 Å². The van der Waals surface area contributed by atoms with Gasteiger partial charge in [0.15, 0.2) is 17.0 Å². The van der Waals surface area contributed by atoms with Crippen molar-refractivity contribution < 1.29 is 99.9 Å². The predicted molar refractivity (Wildman–Crippen MR) is 463 cm³/mol. The number of unbranched alkanes of at least 4 members (excludes halogenated alkanes) is 3. The van der Waals surface area contributed by atoms with E-state index in [2.05, 4.69) is 25.3 Å². The predicted octanol–water partition coefficient (Wildman–Crippen LogP) is 11.6. The SMILES string of the molecule is CO[C@@H]1C[C@H](C[C@@H](C)[C@@H]2CC(=O)[C@H](C)/C=C(\C)[C@@H](O)[C@@H](OC)C(=O)[C@H](C)C[C@H](C)/C=C/C=C/C=C(\C)[C@@H](c3ccco3)C[C@@H]3CC[C@@H](C)[C@@](O)(O3)C(=O)C(=O)N3CCCC[C@H]3C(=O)O2)CC[C@H]1OCCCCc1cn(CCOCCOCCOCCOCCOCCOCCC(=O)CCCCCn2nc(-c3ccc4oc(N)nc4c3)c3c(N)ncnc32)nn1. The first-order chi connectivity index (χ1) is 59.9. The van der Waals surface area contributed by atoms with Gasteiger partial charge in [-0.25, -0.2) is 24.1 Å². The fourth-order valence-electron chi connectivity index (χ4n) is 17.0. The van der Waals surface area contributed by atoms with Gasteiger partial charge in [-0.3, -0.25) is 24.0 Å². The molecule has 0 unspecified atom stereocenters. The Bertz CT molecular complexity index is 4460. The second-order valence-electron chi connectivity index (χ2n) is 33.7. The number of hydrogen-bond acceptors (Lipinski definition) is 29. The molecule has 0 radical (unpaired) electrons. The van der Waals surface area contributed by atoms with E-state index in [0.29, 0.717) is 208 Å². The van der Waals surface area contributed by atoms with Gasteiger partial charge in [-0.15, -0.1) is 5.10 Å². The standard InChI is InChI=1S/C92H133N11O21/c1-60-21-12-10-13-22-61(2)72(76-26-20-38-120-76)56-71-30-27-66(7)92(111,124-71)86(108)89(109)102-34-18-15-25-74(102)90(110)122-79(57-75(105)62(3)52-65(6)84(107)85(113-9)83(106)64(5)51-60)63(4)53-67-28-31-78(80(54-67)112-8)121-37-19-16-23-69-58-101(100-98-69)36-40-115-42-44-117-46-48-119-50-49-118-47-45-116-43-41-114-39-33-70(104)24-14-11-17-35-103-88-81(87(93)95-59-96-88)82(99-103)68-29-32-77-73(55-68)97-91(94)123-77/h10,12-13,20-22,26,29,32,38,52,55,58-60,62-64,66-67,71-72,74,78-80,84-85,107,111H,11,14-19,23-25,27-28,30-31,33-37,39-51,53-54,56-57H2,1-9H3,(H2,94,97)(H2,93,95,96)/b13-10+,21-12+,61-22+,65-52+/t60-,62-,63-,64-,66-,67+,71+,72+,74+,78-,79+,80-,84-,85+,92-/m1/s1. The number of fused-ring (bicyclic) bond motifs is 5. The summed E-state index contributed by atoms with van der Waals surface area (Å²) >= 11 is 0. The molecule has 1 amide bonds. The number of methoxy groups -OCH3 is 2. The molecule has 32 nitrogen and oxygen atoms in total. The average molecular weight is 1730 g/mol. The minimum Gasteiger partial charge on any atom is -0.469 e. The van der Waals surface area contributed by atoms with Gasteiger partial charge in [0, 0.05) is 88.6 Å². The quantitative estimate of drug-likeness (QED) is 0.0120. The number of aromatic nitrogens is 8. The van der Waals surface area contributed by atoms with E-state index < -0.39 is 71.7 Å². The second-order valence-corrected chi connectivity index (χ2v) is 33.7. The number of furan rings is 1. The summed E-state index contributed by atoms with van der Waals surface area (Å²) in [5, 5.41) is 38.2. The molecule has 1 aliphatic carbocycles. The summed E-state index contributed by atoms with van der Waals surface area (Å²) < 4.78 is 80.0. The van der Waals surface area contributed by atoms with Crippen molar-refractivity contribution in [1.82, 2.24) is 44.6 Å². The molecule has 3 aliphatic heterocycles. The van der Waals surface area contributed by atoms with Gasteiger partial charge in [-0.1, -0.05) is 88.3 Å². The van der Waals surface area contributed by atoms with Crippen LogP contribution in [0.2, 0.25) is 0 Å². The van der Waals surface area contributed by atoms with Crippen LogP contribution < -0.4 is 11.5 Å². The van der Waals surface area contributed by atoms with Crippen LogP contribution in [-0.2, 0) is 100 Å². The van der Waals surface area contributed by atoms with Crippen molar-refractivity contribution in [2.45, 2.75) is 244 Å².